The van der Waals surface area contributed by atoms with Gasteiger partial charge in [-0.15, -0.1) is 0 Å². The summed E-state index contributed by atoms with van der Waals surface area (Å²) in [5, 5.41) is 0.392. The number of halogens is 2. The summed E-state index contributed by atoms with van der Waals surface area (Å²) < 4.78 is 33.6. The van der Waals surface area contributed by atoms with Crippen LogP contribution in [0.2, 0.25) is 5.02 Å². The number of hydrogen-bond acceptors (Lipinski definition) is 6. The van der Waals surface area contributed by atoms with Crippen LogP contribution >= 0.6 is 27.5 Å². The number of esters is 1. The molecule has 9 heteroatoms. The molecule has 0 atom stereocenters. The van der Waals surface area contributed by atoms with Crippen molar-refractivity contribution >= 4 is 55.6 Å². The second-order valence-electron chi connectivity index (χ2n) is 5.29. The van der Waals surface area contributed by atoms with E-state index in [1.807, 2.05) is 0 Å². The summed E-state index contributed by atoms with van der Waals surface area (Å²) in [6.07, 6.45) is 2.32. The molecule has 0 unspecified atom stereocenters. The van der Waals surface area contributed by atoms with Crippen LogP contribution in [0.15, 0.2) is 57.6 Å². The average Bonchev–Trinajstić information content (AvgIpc) is 2.90. The van der Waals surface area contributed by atoms with Gasteiger partial charge in [0.2, 0.25) is 5.90 Å². The van der Waals surface area contributed by atoms with Gasteiger partial charge in [0.1, 0.15) is 5.75 Å². The fourth-order valence-corrected chi connectivity index (χ4v) is 3.25. The lowest BCUT2D eigenvalue weighted by Crippen LogP contribution is -2.07. The Balaban J connectivity index is 2.04. The summed E-state index contributed by atoms with van der Waals surface area (Å²) in [7, 11) is -3.73. The number of benzene rings is 2. The van der Waals surface area contributed by atoms with Crippen LogP contribution in [0.5, 0.6) is 5.75 Å². The molecule has 0 spiro atoms. The van der Waals surface area contributed by atoms with Gasteiger partial charge in [-0.2, -0.15) is 8.42 Å². The maximum Gasteiger partial charge on any atom is 0.363 e. The molecule has 0 bridgehead atoms. The maximum atomic E-state index is 12.1. The highest BCUT2D eigenvalue weighted by atomic mass is 79.9. The van der Waals surface area contributed by atoms with E-state index in [1.54, 1.807) is 36.4 Å². The number of cyclic esters (lactones) is 1. The van der Waals surface area contributed by atoms with Gasteiger partial charge in [-0.3, -0.25) is 0 Å². The zero-order chi connectivity index (χ0) is 18.9. The van der Waals surface area contributed by atoms with E-state index in [-0.39, 0.29) is 17.3 Å². The van der Waals surface area contributed by atoms with E-state index in [0.717, 1.165) is 6.26 Å². The average molecular weight is 457 g/mol. The number of ether oxygens (including phenoxy) is 1. The molecule has 0 saturated carbocycles. The SMILES string of the molecule is CS(=O)(=O)Oc1ccc(Br)cc1C=C1N=C(c2ccccc2Cl)OC1=O. The molecule has 2 aromatic rings. The Labute approximate surface area is 163 Å². The van der Waals surface area contributed by atoms with Gasteiger partial charge in [0, 0.05) is 10.0 Å². The molecule has 1 heterocycles. The normalized spacial score (nSPS) is 15.7. The van der Waals surface area contributed by atoms with Gasteiger partial charge < -0.3 is 8.92 Å². The van der Waals surface area contributed by atoms with Crippen molar-refractivity contribution in [2.45, 2.75) is 0 Å². The van der Waals surface area contributed by atoms with E-state index in [2.05, 4.69) is 20.9 Å². The van der Waals surface area contributed by atoms with E-state index >= 15 is 0 Å². The second-order valence-corrected chi connectivity index (χ2v) is 8.18. The number of carbonyl (C=O) groups excluding carboxylic acids is 1. The van der Waals surface area contributed by atoms with Crippen molar-refractivity contribution in [3.05, 3.63) is 68.8 Å². The van der Waals surface area contributed by atoms with Crippen LogP contribution in [-0.4, -0.2) is 26.5 Å². The minimum Gasteiger partial charge on any atom is -0.402 e. The number of nitrogens with zero attached hydrogens (tertiary/aromatic N) is 1. The van der Waals surface area contributed by atoms with E-state index in [4.69, 9.17) is 20.5 Å². The standard InChI is InChI=1S/C17H11BrClNO5S/c1-26(22,23)25-15-7-6-11(18)8-10(15)9-14-17(21)24-16(20-14)12-4-2-3-5-13(12)19/h2-9H,1H3. The first-order valence-corrected chi connectivity index (χ1v) is 10.2. The van der Waals surface area contributed by atoms with Gasteiger partial charge in [-0.1, -0.05) is 39.7 Å². The quantitative estimate of drug-likeness (QED) is 0.397. The highest BCUT2D eigenvalue weighted by Crippen LogP contribution is 2.29. The Kier molecular flexibility index (Phi) is 5.17. The first-order chi connectivity index (χ1) is 12.2. The lowest BCUT2D eigenvalue weighted by atomic mass is 10.1. The monoisotopic (exact) mass is 455 g/mol. The molecule has 6 nitrogen and oxygen atoms in total. The van der Waals surface area contributed by atoms with Gasteiger partial charge in [-0.05, 0) is 36.4 Å². The first kappa shape index (κ1) is 18.6. The minimum absolute atomic E-state index is 0.00336. The van der Waals surface area contributed by atoms with Crippen LogP contribution in [0.3, 0.4) is 0 Å². The second kappa shape index (κ2) is 7.22. The summed E-state index contributed by atoms with van der Waals surface area (Å²) in [5.74, 6) is -0.532. The van der Waals surface area contributed by atoms with Crippen molar-refractivity contribution in [3.8, 4) is 5.75 Å². The molecule has 0 N–H and O–H groups in total. The van der Waals surface area contributed by atoms with Crippen LogP contribution in [0.25, 0.3) is 6.08 Å². The largest absolute Gasteiger partial charge is 0.402 e. The molecule has 0 radical (unpaired) electrons. The summed E-state index contributed by atoms with van der Waals surface area (Å²) in [6, 6.07) is 11.5. The molecule has 134 valence electrons. The predicted octanol–water partition coefficient (Wildman–Crippen LogP) is 3.79. The highest BCUT2D eigenvalue weighted by Gasteiger charge is 2.26. The predicted molar refractivity (Wildman–Crippen MR) is 102 cm³/mol. The third-order valence-corrected chi connectivity index (χ3v) is 4.54. The van der Waals surface area contributed by atoms with Crippen LogP contribution in [0.4, 0.5) is 0 Å². The zero-order valence-corrected chi connectivity index (χ0v) is 16.4. The molecule has 1 aliphatic heterocycles. The smallest absolute Gasteiger partial charge is 0.363 e. The Morgan fingerprint density at radius 2 is 1.96 bits per heavy atom. The molecule has 0 fully saturated rings. The molecule has 0 aliphatic carbocycles. The zero-order valence-electron chi connectivity index (χ0n) is 13.3. The molecule has 26 heavy (non-hydrogen) atoms. The van der Waals surface area contributed by atoms with Gasteiger partial charge in [0.25, 0.3) is 0 Å². The molecule has 0 amide bonds. The summed E-state index contributed by atoms with van der Waals surface area (Å²) in [4.78, 5) is 16.3. The Morgan fingerprint density at radius 3 is 2.65 bits per heavy atom. The van der Waals surface area contributed by atoms with Gasteiger partial charge >= 0.3 is 16.1 Å². The lowest BCUT2D eigenvalue weighted by Gasteiger charge is -2.07. The van der Waals surface area contributed by atoms with E-state index in [9.17, 15) is 13.2 Å². The maximum absolute atomic E-state index is 12.1. The summed E-state index contributed by atoms with van der Waals surface area (Å²) in [6.45, 7) is 0. The third-order valence-electron chi connectivity index (χ3n) is 3.23. The fraction of sp³-hybridized carbons (Fsp3) is 0.0588. The topological polar surface area (TPSA) is 82.0 Å². The number of aliphatic imine (C=N–C) groups is 1. The summed E-state index contributed by atoms with van der Waals surface area (Å²) >= 11 is 9.39. The van der Waals surface area contributed by atoms with Gasteiger partial charge in [0.15, 0.2) is 5.70 Å². The van der Waals surface area contributed by atoms with Crippen LogP contribution in [0.1, 0.15) is 11.1 Å². The Hall–Kier alpha value is -2.16. The van der Waals surface area contributed by atoms with E-state index < -0.39 is 16.1 Å². The van der Waals surface area contributed by atoms with Crippen molar-refractivity contribution < 1.29 is 22.1 Å². The molecular weight excluding hydrogens is 446 g/mol. The number of rotatable bonds is 4. The fourth-order valence-electron chi connectivity index (χ4n) is 2.18. The summed E-state index contributed by atoms with van der Waals surface area (Å²) in [5.41, 5.74) is 0.824. The van der Waals surface area contributed by atoms with E-state index in [0.29, 0.717) is 20.6 Å². The Morgan fingerprint density at radius 1 is 1.23 bits per heavy atom. The molecule has 0 aromatic heterocycles. The van der Waals surface area contributed by atoms with E-state index in [1.165, 1.54) is 12.1 Å². The molecule has 2 aromatic carbocycles. The number of carbonyl (C=O) groups is 1. The molecule has 0 saturated heterocycles. The minimum atomic E-state index is -3.73. The highest BCUT2D eigenvalue weighted by molar-refractivity contribution is 9.10. The van der Waals surface area contributed by atoms with Crippen LogP contribution in [-0.2, 0) is 19.6 Å². The van der Waals surface area contributed by atoms with Crippen molar-refractivity contribution in [2.75, 3.05) is 6.26 Å². The number of hydrogen-bond donors (Lipinski definition) is 0. The van der Waals surface area contributed by atoms with Crippen molar-refractivity contribution in [3.63, 3.8) is 0 Å². The first-order valence-electron chi connectivity index (χ1n) is 7.19. The van der Waals surface area contributed by atoms with Crippen molar-refractivity contribution in [1.82, 2.24) is 0 Å². The molecule has 1 aliphatic rings. The lowest BCUT2D eigenvalue weighted by molar-refractivity contribution is -0.129. The molecule has 3 rings (SSSR count). The van der Waals surface area contributed by atoms with Crippen molar-refractivity contribution in [2.24, 2.45) is 4.99 Å². The third kappa shape index (κ3) is 4.32. The van der Waals surface area contributed by atoms with Crippen LogP contribution < -0.4 is 4.18 Å². The van der Waals surface area contributed by atoms with Gasteiger partial charge in [0.05, 0.1) is 16.8 Å². The van der Waals surface area contributed by atoms with Gasteiger partial charge in [-0.25, -0.2) is 9.79 Å². The Bertz CT molecular complexity index is 1060. The molecular formula is C17H11BrClNO5S. The van der Waals surface area contributed by atoms with Crippen LogP contribution in [0, 0.1) is 0 Å². The van der Waals surface area contributed by atoms with Crippen molar-refractivity contribution in [1.29, 1.82) is 0 Å².